The summed E-state index contributed by atoms with van der Waals surface area (Å²) >= 11 is 6.04. The van der Waals surface area contributed by atoms with Crippen molar-refractivity contribution in [2.24, 2.45) is 0 Å². The lowest BCUT2D eigenvalue weighted by Crippen LogP contribution is -1.96. The van der Waals surface area contributed by atoms with E-state index in [-0.39, 0.29) is 6.61 Å². The lowest BCUT2D eigenvalue weighted by Gasteiger charge is -1.96. The first-order valence-electron chi connectivity index (χ1n) is 4.63. The van der Waals surface area contributed by atoms with Gasteiger partial charge in [-0.2, -0.15) is 5.10 Å². The summed E-state index contributed by atoms with van der Waals surface area (Å²) < 4.78 is 1.75. The van der Waals surface area contributed by atoms with Gasteiger partial charge in [-0.25, -0.2) is 0 Å². The Bertz CT molecular complexity index is 318. The molecule has 0 aliphatic heterocycles. The summed E-state index contributed by atoms with van der Waals surface area (Å²) in [5.41, 5.74) is 1.83. The van der Waals surface area contributed by atoms with Gasteiger partial charge in [0.05, 0.1) is 12.3 Å². The lowest BCUT2D eigenvalue weighted by molar-refractivity contribution is 0.280. The Morgan fingerprint density at radius 1 is 1.62 bits per heavy atom. The van der Waals surface area contributed by atoms with Gasteiger partial charge in [0.15, 0.2) is 0 Å². The molecule has 2 rings (SSSR count). The molecule has 0 bridgehead atoms. The van der Waals surface area contributed by atoms with Gasteiger partial charge in [-0.15, -0.1) is 0 Å². The zero-order chi connectivity index (χ0) is 9.42. The van der Waals surface area contributed by atoms with Crippen molar-refractivity contribution in [3.8, 4) is 0 Å². The van der Waals surface area contributed by atoms with Crippen LogP contribution in [0.2, 0.25) is 5.15 Å². The van der Waals surface area contributed by atoms with Gasteiger partial charge >= 0.3 is 0 Å². The van der Waals surface area contributed by atoms with E-state index in [1.807, 2.05) is 6.92 Å². The Morgan fingerprint density at radius 2 is 2.31 bits per heavy atom. The number of nitrogens with zero attached hydrogens (tertiary/aromatic N) is 2. The fraction of sp³-hybridized carbons (Fsp3) is 0.667. The number of aliphatic hydroxyl groups is 1. The summed E-state index contributed by atoms with van der Waals surface area (Å²) in [7, 11) is 0. The largest absolute Gasteiger partial charge is 0.391 e. The smallest absolute Gasteiger partial charge is 0.132 e. The second-order valence-electron chi connectivity index (χ2n) is 3.40. The summed E-state index contributed by atoms with van der Waals surface area (Å²) in [5.74, 6) is 0.549. The van der Waals surface area contributed by atoms with Crippen LogP contribution in [0.3, 0.4) is 0 Å². The van der Waals surface area contributed by atoms with Gasteiger partial charge < -0.3 is 5.11 Å². The predicted octanol–water partition coefficient (Wildman–Crippen LogP) is 1.93. The van der Waals surface area contributed by atoms with Crippen LogP contribution in [0.1, 0.15) is 36.9 Å². The number of rotatable bonds is 3. The molecule has 1 aliphatic carbocycles. The molecule has 1 heterocycles. The summed E-state index contributed by atoms with van der Waals surface area (Å²) in [6.07, 6.45) is 2.37. The van der Waals surface area contributed by atoms with E-state index in [2.05, 4.69) is 5.10 Å². The van der Waals surface area contributed by atoms with Crippen molar-refractivity contribution in [3.05, 3.63) is 16.4 Å². The Morgan fingerprint density at radius 3 is 2.77 bits per heavy atom. The maximum atomic E-state index is 9.15. The fourth-order valence-electron chi connectivity index (χ4n) is 1.54. The lowest BCUT2D eigenvalue weighted by atomic mass is 10.2. The molecule has 0 radical (unpaired) electrons. The van der Waals surface area contributed by atoms with E-state index in [9.17, 15) is 0 Å². The van der Waals surface area contributed by atoms with Crippen LogP contribution in [-0.2, 0) is 13.2 Å². The third kappa shape index (κ3) is 1.46. The monoisotopic (exact) mass is 200 g/mol. The molecule has 4 heteroatoms. The van der Waals surface area contributed by atoms with Crippen LogP contribution in [0.15, 0.2) is 0 Å². The predicted molar refractivity (Wildman–Crippen MR) is 50.8 cm³/mol. The third-order valence-electron chi connectivity index (χ3n) is 2.43. The molecule has 1 N–H and O–H groups in total. The first-order valence-corrected chi connectivity index (χ1v) is 5.01. The Hall–Kier alpha value is -0.540. The van der Waals surface area contributed by atoms with Crippen LogP contribution >= 0.6 is 11.6 Å². The van der Waals surface area contributed by atoms with Crippen molar-refractivity contribution in [1.82, 2.24) is 9.78 Å². The van der Waals surface area contributed by atoms with Crippen molar-refractivity contribution in [2.75, 3.05) is 0 Å². The minimum absolute atomic E-state index is 0.00463. The molecule has 0 spiro atoms. The van der Waals surface area contributed by atoms with Crippen LogP contribution in [0.25, 0.3) is 0 Å². The summed E-state index contributed by atoms with van der Waals surface area (Å²) in [6.45, 7) is 2.76. The zero-order valence-electron chi connectivity index (χ0n) is 7.63. The normalized spacial score (nSPS) is 16.5. The average Bonchev–Trinajstić information content (AvgIpc) is 2.91. The second-order valence-corrected chi connectivity index (χ2v) is 3.76. The number of aliphatic hydroxyl groups excluding tert-OH is 1. The molecule has 1 aromatic heterocycles. The van der Waals surface area contributed by atoms with E-state index in [0.717, 1.165) is 17.8 Å². The van der Waals surface area contributed by atoms with E-state index in [1.165, 1.54) is 12.8 Å². The molecule has 0 atom stereocenters. The maximum Gasteiger partial charge on any atom is 0.132 e. The van der Waals surface area contributed by atoms with Gasteiger partial charge in [-0.1, -0.05) is 11.6 Å². The van der Waals surface area contributed by atoms with Gasteiger partial charge in [0.25, 0.3) is 0 Å². The van der Waals surface area contributed by atoms with Crippen molar-refractivity contribution in [3.63, 3.8) is 0 Å². The molecular weight excluding hydrogens is 188 g/mol. The number of halogens is 1. The summed E-state index contributed by atoms with van der Waals surface area (Å²) in [5, 5.41) is 14.1. The van der Waals surface area contributed by atoms with E-state index in [4.69, 9.17) is 16.7 Å². The zero-order valence-corrected chi connectivity index (χ0v) is 8.38. The molecule has 13 heavy (non-hydrogen) atoms. The number of aromatic nitrogens is 2. The topological polar surface area (TPSA) is 38.0 Å². The molecule has 1 fully saturated rings. The Kier molecular flexibility index (Phi) is 2.30. The fourth-order valence-corrected chi connectivity index (χ4v) is 1.85. The highest BCUT2D eigenvalue weighted by atomic mass is 35.5. The highest BCUT2D eigenvalue weighted by molar-refractivity contribution is 6.30. The first-order chi connectivity index (χ1) is 6.27. The molecule has 0 aromatic carbocycles. The first kappa shape index (κ1) is 9.03. The second kappa shape index (κ2) is 3.31. The summed E-state index contributed by atoms with van der Waals surface area (Å²) in [6, 6.07) is 0. The third-order valence-corrected chi connectivity index (χ3v) is 2.86. The highest BCUT2D eigenvalue weighted by Crippen LogP contribution is 2.42. The van der Waals surface area contributed by atoms with Gasteiger partial charge in [0, 0.05) is 18.0 Å². The van der Waals surface area contributed by atoms with Crippen LogP contribution in [-0.4, -0.2) is 14.9 Å². The van der Waals surface area contributed by atoms with E-state index < -0.39 is 0 Å². The molecule has 1 saturated carbocycles. The standard InChI is InChI=1S/C9H13ClN2O/c1-2-12-9(10)7(5-13)8(11-12)6-3-4-6/h6,13H,2-5H2,1H3. The Balaban J connectivity index is 2.42. The van der Waals surface area contributed by atoms with Gasteiger partial charge in [-0.05, 0) is 19.8 Å². The van der Waals surface area contributed by atoms with Crippen molar-refractivity contribution >= 4 is 11.6 Å². The van der Waals surface area contributed by atoms with Crippen LogP contribution in [0.5, 0.6) is 0 Å². The number of aryl methyl sites for hydroxylation is 1. The van der Waals surface area contributed by atoms with Crippen LogP contribution in [0.4, 0.5) is 0 Å². The molecule has 72 valence electrons. The molecule has 0 amide bonds. The molecule has 0 unspecified atom stereocenters. The molecule has 0 saturated heterocycles. The average molecular weight is 201 g/mol. The minimum Gasteiger partial charge on any atom is -0.391 e. The number of hydrogen-bond donors (Lipinski definition) is 1. The van der Waals surface area contributed by atoms with Crippen molar-refractivity contribution in [2.45, 2.75) is 38.8 Å². The number of hydrogen-bond acceptors (Lipinski definition) is 2. The van der Waals surface area contributed by atoms with Gasteiger partial charge in [0.2, 0.25) is 0 Å². The van der Waals surface area contributed by atoms with Crippen molar-refractivity contribution in [1.29, 1.82) is 0 Å². The minimum atomic E-state index is 0.00463. The summed E-state index contributed by atoms with van der Waals surface area (Å²) in [4.78, 5) is 0. The molecular formula is C9H13ClN2O. The maximum absolute atomic E-state index is 9.15. The Labute approximate surface area is 82.3 Å². The van der Waals surface area contributed by atoms with Crippen LogP contribution in [0, 0.1) is 0 Å². The van der Waals surface area contributed by atoms with E-state index in [1.54, 1.807) is 4.68 Å². The van der Waals surface area contributed by atoms with E-state index in [0.29, 0.717) is 11.1 Å². The SMILES string of the molecule is CCn1nc(C2CC2)c(CO)c1Cl. The molecule has 3 nitrogen and oxygen atoms in total. The van der Waals surface area contributed by atoms with Crippen molar-refractivity contribution < 1.29 is 5.11 Å². The van der Waals surface area contributed by atoms with Gasteiger partial charge in [-0.3, -0.25) is 4.68 Å². The molecule has 1 aliphatic rings. The highest BCUT2D eigenvalue weighted by Gasteiger charge is 2.30. The quantitative estimate of drug-likeness (QED) is 0.810. The van der Waals surface area contributed by atoms with E-state index >= 15 is 0 Å². The molecule has 1 aromatic rings. The van der Waals surface area contributed by atoms with Crippen LogP contribution < -0.4 is 0 Å². The van der Waals surface area contributed by atoms with Gasteiger partial charge in [0.1, 0.15) is 5.15 Å².